The van der Waals surface area contributed by atoms with E-state index in [0.717, 1.165) is 10.7 Å². The van der Waals surface area contributed by atoms with Crippen molar-refractivity contribution in [3.63, 3.8) is 0 Å². The monoisotopic (exact) mass is 290 g/mol. The highest BCUT2D eigenvalue weighted by Gasteiger charge is 2.36. The first kappa shape index (κ1) is 15.7. The lowest BCUT2D eigenvalue weighted by atomic mass is 9.93. The summed E-state index contributed by atoms with van der Waals surface area (Å²) < 4.78 is 62.1. The molecule has 0 saturated heterocycles. The van der Waals surface area contributed by atoms with Gasteiger partial charge in [0.2, 0.25) is 0 Å². The Morgan fingerprint density at radius 1 is 1.33 bits per heavy atom. The zero-order chi connectivity index (χ0) is 13.8. The minimum atomic E-state index is -4.57. The van der Waals surface area contributed by atoms with Gasteiger partial charge in [0.25, 0.3) is 10.2 Å². The van der Waals surface area contributed by atoms with Gasteiger partial charge in [-0.3, -0.25) is 0 Å². The summed E-state index contributed by atoms with van der Waals surface area (Å²) in [5.41, 5.74) is 0. The Balaban J connectivity index is 2.63. The summed E-state index contributed by atoms with van der Waals surface area (Å²) in [5, 5.41) is 8.69. The van der Waals surface area contributed by atoms with Gasteiger partial charge in [0, 0.05) is 19.2 Å². The molecular weight excluding hydrogens is 273 g/mol. The molecular formula is C9H17F3N2O3S. The Morgan fingerprint density at radius 3 is 2.33 bits per heavy atom. The summed E-state index contributed by atoms with van der Waals surface area (Å²) in [6.07, 6.45) is -2.19. The maximum atomic E-state index is 12.0. The highest BCUT2D eigenvalue weighted by atomic mass is 32.2. The van der Waals surface area contributed by atoms with Crippen LogP contribution in [0.5, 0.6) is 0 Å². The molecule has 0 aromatic carbocycles. The molecule has 0 bridgehead atoms. The summed E-state index contributed by atoms with van der Waals surface area (Å²) in [7, 11) is -4.14. The van der Waals surface area contributed by atoms with Gasteiger partial charge in [0.05, 0.1) is 0 Å². The van der Waals surface area contributed by atoms with Crippen molar-refractivity contribution in [1.82, 2.24) is 9.03 Å². The number of aliphatic hydroxyl groups is 1. The van der Waals surface area contributed by atoms with E-state index in [-0.39, 0.29) is 25.6 Å². The largest absolute Gasteiger partial charge is 0.402 e. The lowest BCUT2D eigenvalue weighted by molar-refractivity contribution is -0.121. The standard InChI is InChI=1S/C9H17F3N2O3S/c10-9(11,12)7-13-18(16,17)14(5-2-6-15)8-3-1-4-8/h8,13,15H,1-7H2. The predicted molar refractivity (Wildman–Crippen MR) is 59.0 cm³/mol. The van der Waals surface area contributed by atoms with E-state index in [1.54, 1.807) is 4.72 Å². The molecule has 1 rings (SSSR count). The third-order valence-electron chi connectivity index (χ3n) is 2.78. The lowest BCUT2D eigenvalue weighted by Gasteiger charge is -2.36. The zero-order valence-corrected chi connectivity index (χ0v) is 10.6. The van der Waals surface area contributed by atoms with Crippen molar-refractivity contribution in [3.8, 4) is 0 Å². The number of aliphatic hydroxyl groups excluding tert-OH is 1. The van der Waals surface area contributed by atoms with E-state index in [0.29, 0.717) is 12.8 Å². The average molecular weight is 290 g/mol. The molecule has 2 N–H and O–H groups in total. The fourth-order valence-corrected chi connectivity index (χ4v) is 3.14. The van der Waals surface area contributed by atoms with Crippen molar-refractivity contribution in [2.75, 3.05) is 19.7 Å². The number of rotatable bonds is 7. The van der Waals surface area contributed by atoms with Gasteiger partial charge >= 0.3 is 6.18 Å². The SMILES string of the molecule is O=S(=O)(NCC(F)(F)F)N(CCCO)C1CCC1. The number of alkyl halides is 3. The molecule has 0 unspecified atom stereocenters. The summed E-state index contributed by atoms with van der Waals surface area (Å²) in [5.74, 6) is 0. The first-order valence-corrected chi connectivity index (χ1v) is 7.14. The molecule has 1 fully saturated rings. The first-order valence-electron chi connectivity index (χ1n) is 5.70. The maximum absolute atomic E-state index is 12.0. The van der Waals surface area contributed by atoms with Crippen LogP contribution in [-0.2, 0) is 10.2 Å². The smallest absolute Gasteiger partial charge is 0.396 e. The van der Waals surface area contributed by atoms with Crippen LogP contribution in [0.2, 0.25) is 0 Å². The Morgan fingerprint density at radius 2 is 1.94 bits per heavy atom. The minimum absolute atomic E-state index is 0.0361. The van der Waals surface area contributed by atoms with E-state index in [9.17, 15) is 21.6 Å². The van der Waals surface area contributed by atoms with Gasteiger partial charge in [-0.05, 0) is 19.3 Å². The maximum Gasteiger partial charge on any atom is 0.402 e. The molecule has 108 valence electrons. The first-order chi connectivity index (χ1) is 8.26. The Kier molecular flexibility index (Phi) is 5.38. The van der Waals surface area contributed by atoms with E-state index in [4.69, 9.17) is 5.11 Å². The van der Waals surface area contributed by atoms with Crippen molar-refractivity contribution in [1.29, 1.82) is 0 Å². The van der Waals surface area contributed by atoms with E-state index in [2.05, 4.69) is 0 Å². The molecule has 0 aromatic rings. The van der Waals surface area contributed by atoms with Gasteiger partial charge in [-0.15, -0.1) is 0 Å². The van der Waals surface area contributed by atoms with E-state index < -0.39 is 22.9 Å². The highest BCUT2D eigenvalue weighted by Crippen LogP contribution is 2.27. The van der Waals surface area contributed by atoms with Crippen LogP contribution in [0.25, 0.3) is 0 Å². The van der Waals surface area contributed by atoms with Crippen LogP contribution in [0.3, 0.4) is 0 Å². The third kappa shape index (κ3) is 4.71. The van der Waals surface area contributed by atoms with Crippen LogP contribution in [0, 0.1) is 0 Å². The normalized spacial score (nSPS) is 18.1. The fourth-order valence-electron chi connectivity index (χ4n) is 1.66. The molecule has 0 aromatic heterocycles. The minimum Gasteiger partial charge on any atom is -0.396 e. The van der Waals surface area contributed by atoms with Crippen molar-refractivity contribution in [3.05, 3.63) is 0 Å². The molecule has 0 aliphatic heterocycles. The lowest BCUT2D eigenvalue weighted by Crippen LogP contribution is -2.51. The topological polar surface area (TPSA) is 69.6 Å². The van der Waals surface area contributed by atoms with Crippen LogP contribution in [0.15, 0.2) is 0 Å². The highest BCUT2D eigenvalue weighted by molar-refractivity contribution is 7.87. The van der Waals surface area contributed by atoms with Crippen molar-refractivity contribution >= 4 is 10.2 Å². The number of halogens is 3. The molecule has 1 aliphatic carbocycles. The fraction of sp³-hybridized carbons (Fsp3) is 1.00. The molecule has 5 nitrogen and oxygen atoms in total. The molecule has 0 amide bonds. The van der Waals surface area contributed by atoms with Crippen molar-refractivity contribution < 1.29 is 26.7 Å². The number of hydrogen-bond donors (Lipinski definition) is 2. The Hall–Kier alpha value is -0.380. The van der Waals surface area contributed by atoms with Gasteiger partial charge in [0.1, 0.15) is 6.54 Å². The van der Waals surface area contributed by atoms with Gasteiger partial charge in [-0.1, -0.05) is 6.42 Å². The number of nitrogens with one attached hydrogen (secondary N) is 1. The zero-order valence-electron chi connectivity index (χ0n) is 9.78. The molecule has 0 atom stereocenters. The number of hydrogen-bond acceptors (Lipinski definition) is 3. The molecule has 9 heteroatoms. The average Bonchev–Trinajstić information content (AvgIpc) is 2.17. The quantitative estimate of drug-likeness (QED) is 0.722. The second kappa shape index (κ2) is 6.18. The Bertz CT molecular complexity index is 355. The molecule has 0 radical (unpaired) electrons. The molecule has 0 spiro atoms. The van der Waals surface area contributed by atoms with Crippen molar-refractivity contribution in [2.24, 2.45) is 0 Å². The van der Waals surface area contributed by atoms with Gasteiger partial charge in [0.15, 0.2) is 0 Å². The predicted octanol–water partition coefficient (Wildman–Crippen LogP) is 0.620. The van der Waals surface area contributed by atoms with Crippen molar-refractivity contribution in [2.45, 2.75) is 37.9 Å². The third-order valence-corrected chi connectivity index (χ3v) is 4.39. The molecule has 0 heterocycles. The summed E-state index contributed by atoms with van der Waals surface area (Å²) in [6, 6.07) is -0.248. The van der Waals surface area contributed by atoms with E-state index in [1.165, 1.54) is 0 Å². The van der Waals surface area contributed by atoms with Gasteiger partial charge < -0.3 is 5.11 Å². The number of nitrogens with zero attached hydrogens (tertiary/aromatic N) is 1. The van der Waals surface area contributed by atoms with Crippen LogP contribution in [0.1, 0.15) is 25.7 Å². The van der Waals surface area contributed by atoms with Gasteiger partial charge in [-0.25, -0.2) is 0 Å². The molecule has 1 aliphatic rings. The molecule has 18 heavy (non-hydrogen) atoms. The van der Waals surface area contributed by atoms with E-state index in [1.807, 2.05) is 0 Å². The van der Waals surface area contributed by atoms with Gasteiger partial charge in [-0.2, -0.15) is 30.6 Å². The van der Waals surface area contributed by atoms with Crippen LogP contribution < -0.4 is 4.72 Å². The Labute approximate surface area is 104 Å². The summed E-state index contributed by atoms with van der Waals surface area (Å²) >= 11 is 0. The summed E-state index contributed by atoms with van der Waals surface area (Å²) in [6.45, 7) is -1.73. The van der Waals surface area contributed by atoms with Crippen LogP contribution in [0.4, 0.5) is 13.2 Å². The summed E-state index contributed by atoms with van der Waals surface area (Å²) in [4.78, 5) is 0. The second-order valence-electron chi connectivity index (χ2n) is 4.21. The van der Waals surface area contributed by atoms with E-state index >= 15 is 0 Å². The molecule has 1 saturated carbocycles. The van der Waals surface area contributed by atoms with Crippen LogP contribution >= 0.6 is 0 Å². The second-order valence-corrected chi connectivity index (χ2v) is 5.92. The van der Waals surface area contributed by atoms with Crippen LogP contribution in [-0.4, -0.2) is 49.7 Å².